The molecule has 9 aromatic carbocycles. The lowest BCUT2D eigenvalue weighted by molar-refractivity contribution is 0.590. The molecule has 3 nitrogen and oxygen atoms in total. The molecule has 0 saturated carbocycles. The fourth-order valence-corrected chi connectivity index (χ4v) is 12.0. The summed E-state index contributed by atoms with van der Waals surface area (Å²) >= 11 is 0. The van der Waals surface area contributed by atoms with E-state index < -0.39 is 17.7 Å². The zero-order valence-corrected chi connectivity index (χ0v) is 41.1. The Bertz CT molecular complexity index is 3770. The van der Waals surface area contributed by atoms with Crippen LogP contribution in [0.1, 0.15) is 106 Å². The zero-order valence-electron chi connectivity index (χ0n) is 44.1. The van der Waals surface area contributed by atoms with E-state index in [0.717, 1.165) is 78.5 Å². The van der Waals surface area contributed by atoms with Gasteiger partial charge in [0.25, 0.3) is 6.71 Å². The van der Waals surface area contributed by atoms with Gasteiger partial charge >= 0.3 is 0 Å². The van der Waals surface area contributed by atoms with Gasteiger partial charge in [0, 0.05) is 49.0 Å². The first-order valence-electron chi connectivity index (χ1n) is 26.1. The molecule has 0 atom stereocenters. The van der Waals surface area contributed by atoms with E-state index in [1.54, 1.807) is 0 Å². The minimum absolute atomic E-state index is 0.0299. The maximum Gasteiger partial charge on any atom is 0.252 e. The first-order valence-corrected chi connectivity index (χ1v) is 24.6. The van der Waals surface area contributed by atoms with Crippen LogP contribution in [0.4, 0.5) is 34.1 Å². The van der Waals surface area contributed by atoms with Gasteiger partial charge < -0.3 is 14.4 Å². The van der Waals surface area contributed by atoms with Gasteiger partial charge in [0.2, 0.25) is 0 Å². The Morgan fingerprint density at radius 3 is 1.46 bits per heavy atom. The molecular formula is C65H58BN3. The van der Waals surface area contributed by atoms with Gasteiger partial charge in [-0.05, 0) is 155 Å². The molecule has 4 heteroatoms. The van der Waals surface area contributed by atoms with Gasteiger partial charge in [-0.1, -0.05) is 172 Å². The van der Waals surface area contributed by atoms with E-state index in [-0.39, 0.29) is 12.1 Å². The molecule has 0 unspecified atom stereocenters. The average molecular weight is 895 g/mol. The first-order chi connectivity index (χ1) is 34.3. The second-order valence-electron chi connectivity index (χ2n) is 21.3. The van der Waals surface area contributed by atoms with E-state index in [2.05, 4.69) is 205 Å². The van der Waals surface area contributed by atoms with Crippen LogP contribution in [0, 0.1) is 0 Å². The lowest BCUT2D eigenvalue weighted by Crippen LogP contribution is -2.61. The van der Waals surface area contributed by atoms with Crippen LogP contribution in [0.15, 0.2) is 170 Å². The van der Waals surface area contributed by atoms with Gasteiger partial charge in [-0.15, -0.1) is 0 Å². The highest BCUT2D eigenvalue weighted by Gasteiger charge is 2.44. The summed E-state index contributed by atoms with van der Waals surface area (Å²) < 4.78 is 30.2. The number of benzene rings is 9. The second-order valence-corrected chi connectivity index (χ2v) is 21.3. The van der Waals surface area contributed by atoms with E-state index in [1.807, 2.05) is 41.5 Å². The van der Waals surface area contributed by atoms with E-state index in [9.17, 15) is 2.74 Å². The van der Waals surface area contributed by atoms with E-state index in [0.29, 0.717) is 0 Å². The standard InChI is InChI=1S/C65H58BN3/c1-38(2)41-20-27-46(28-21-41)67-55-31-23-43(39(3)4)34-53(55)66-54-35-44(40(5)6)24-32-56(54)68(47-29-25-45(26-30-47)65(7,8)9)60-37-48(36-59(67)64(60)66)69-57-19-13-18-52-50-16-11-10-15-49(50)51-17-12-14-42-22-33-58(69)63(61(42)51)62(52)57/h10-40H,1-9H3/i38D,39D,40D. The number of hydrogen-bond donors (Lipinski definition) is 0. The average Bonchev–Trinajstić information content (AvgIpc) is 3.63. The largest absolute Gasteiger partial charge is 0.311 e. The maximum absolute atomic E-state index is 9.38. The quantitative estimate of drug-likeness (QED) is 0.154. The van der Waals surface area contributed by atoms with Gasteiger partial charge in [-0.3, -0.25) is 0 Å². The number of aromatic nitrogens is 1. The van der Waals surface area contributed by atoms with Crippen molar-refractivity contribution in [2.45, 2.75) is 85.4 Å². The van der Waals surface area contributed by atoms with E-state index in [4.69, 9.17) is 1.37 Å². The van der Waals surface area contributed by atoms with Crippen molar-refractivity contribution in [3.63, 3.8) is 0 Å². The summed E-state index contributed by atoms with van der Waals surface area (Å²) in [6, 6.07) is 63.0. The van der Waals surface area contributed by atoms with Gasteiger partial charge in [0.05, 0.1) is 16.7 Å². The molecule has 0 N–H and O–H groups in total. The predicted octanol–water partition coefficient (Wildman–Crippen LogP) is 16.3. The highest BCUT2D eigenvalue weighted by molar-refractivity contribution is 7.00. The van der Waals surface area contributed by atoms with Crippen LogP contribution in [0.3, 0.4) is 0 Å². The van der Waals surface area contributed by atoms with Crippen molar-refractivity contribution in [2.24, 2.45) is 0 Å². The Morgan fingerprint density at radius 1 is 0.420 bits per heavy atom. The van der Waals surface area contributed by atoms with Crippen LogP contribution in [-0.2, 0) is 5.41 Å². The molecule has 0 saturated heterocycles. The van der Waals surface area contributed by atoms with Crippen LogP contribution in [0.5, 0.6) is 0 Å². The molecule has 2 aliphatic heterocycles. The van der Waals surface area contributed by atoms with Crippen molar-refractivity contribution in [3.05, 3.63) is 192 Å². The number of fused-ring (bicyclic) bond motifs is 7. The zero-order chi connectivity index (χ0) is 50.0. The number of anilines is 6. The molecule has 1 aromatic heterocycles. The van der Waals surface area contributed by atoms with Crippen molar-refractivity contribution < 1.29 is 4.11 Å². The van der Waals surface area contributed by atoms with Crippen molar-refractivity contribution in [2.75, 3.05) is 9.80 Å². The molecule has 0 amide bonds. The molecule has 0 bridgehead atoms. The third-order valence-corrected chi connectivity index (χ3v) is 15.5. The summed E-state index contributed by atoms with van der Waals surface area (Å²) in [6.07, 6.45) is 0. The fraction of sp³-hybridized carbons (Fsp3) is 0.200. The van der Waals surface area contributed by atoms with Crippen LogP contribution in [0.2, 0.25) is 0 Å². The lowest BCUT2D eigenvalue weighted by Gasteiger charge is -2.45. The van der Waals surface area contributed by atoms with Gasteiger partial charge in [-0.2, -0.15) is 0 Å². The SMILES string of the molecule is [2H]C(C)(C)c1ccc(N2c3ccc(C([2H])(C)C)cc3B3c4cc(C([2H])(C)C)ccc4N(c4ccc(C(C)(C)C)cc4)c4cc(-n5c6cccc7c6c6c8c(cccc8ccc65)-c5ccccc5-7)cc2c43)cc1. The van der Waals surface area contributed by atoms with Gasteiger partial charge in [0.15, 0.2) is 0 Å². The normalized spacial score (nSPS) is 14.7. The Labute approximate surface area is 412 Å². The molecule has 10 aromatic rings. The molecule has 0 spiro atoms. The highest BCUT2D eigenvalue weighted by Crippen LogP contribution is 2.52. The smallest absolute Gasteiger partial charge is 0.252 e. The summed E-state index contributed by atoms with van der Waals surface area (Å²) in [5.74, 6) is -2.46. The Morgan fingerprint density at radius 2 is 0.913 bits per heavy atom. The van der Waals surface area contributed by atoms with Gasteiger partial charge in [0.1, 0.15) is 0 Å². The highest BCUT2D eigenvalue weighted by atomic mass is 15.2. The molecule has 0 fully saturated rings. The minimum Gasteiger partial charge on any atom is -0.311 e. The van der Waals surface area contributed by atoms with Crippen molar-refractivity contribution in [1.29, 1.82) is 0 Å². The fourth-order valence-electron chi connectivity index (χ4n) is 12.0. The molecule has 69 heavy (non-hydrogen) atoms. The number of rotatable bonds is 6. The van der Waals surface area contributed by atoms with Crippen LogP contribution in [-0.4, -0.2) is 11.3 Å². The number of hydrogen-bond acceptors (Lipinski definition) is 2. The summed E-state index contributed by atoms with van der Waals surface area (Å²) in [4.78, 5) is 4.91. The van der Waals surface area contributed by atoms with Crippen molar-refractivity contribution >= 4 is 89.8 Å². The topological polar surface area (TPSA) is 11.4 Å². The lowest BCUT2D eigenvalue weighted by atomic mass is 9.33. The van der Waals surface area contributed by atoms with Crippen molar-refractivity contribution in [3.8, 4) is 27.9 Å². The van der Waals surface area contributed by atoms with Crippen LogP contribution < -0.4 is 26.2 Å². The summed E-state index contributed by atoms with van der Waals surface area (Å²) in [7, 11) is 0. The first kappa shape index (κ1) is 38.6. The third-order valence-electron chi connectivity index (χ3n) is 15.5. The molecule has 3 aliphatic rings. The molecular weight excluding hydrogens is 834 g/mol. The second kappa shape index (κ2) is 15.1. The number of nitrogens with zero attached hydrogens (tertiary/aromatic N) is 3. The Hall–Kier alpha value is -7.30. The molecule has 13 rings (SSSR count). The summed E-state index contributed by atoms with van der Waals surface area (Å²) in [6.45, 7) is 18.4. The Kier molecular flexibility index (Phi) is 8.46. The summed E-state index contributed by atoms with van der Waals surface area (Å²) in [5.41, 5.74) is 22.2. The molecule has 0 radical (unpaired) electrons. The molecule has 336 valence electrons. The third kappa shape index (κ3) is 6.13. The minimum atomic E-state index is -0.847. The molecule has 1 aliphatic carbocycles. The Balaban J connectivity index is 1.19. The van der Waals surface area contributed by atoms with Gasteiger partial charge in [-0.25, -0.2) is 0 Å². The molecule has 3 heterocycles. The monoisotopic (exact) mass is 894 g/mol. The van der Waals surface area contributed by atoms with E-state index >= 15 is 0 Å². The maximum atomic E-state index is 9.38. The van der Waals surface area contributed by atoms with Crippen LogP contribution >= 0.6 is 0 Å². The summed E-state index contributed by atoms with van der Waals surface area (Å²) in [5, 5.41) is 5.02. The van der Waals surface area contributed by atoms with E-state index in [1.165, 1.54) is 54.8 Å². The van der Waals surface area contributed by atoms with Crippen LogP contribution in [0.25, 0.3) is 60.5 Å². The predicted molar refractivity (Wildman–Crippen MR) is 298 cm³/mol. The van der Waals surface area contributed by atoms with Crippen molar-refractivity contribution in [1.82, 2.24) is 4.57 Å².